The molecule has 0 amide bonds. The molecule has 0 aromatic carbocycles. The summed E-state index contributed by atoms with van der Waals surface area (Å²) in [6.45, 7) is 0. The molecule has 0 bridgehead atoms. The van der Waals surface area contributed by atoms with Gasteiger partial charge in [-0.3, -0.25) is 4.79 Å². The van der Waals surface area contributed by atoms with Gasteiger partial charge in [0.15, 0.2) is 5.78 Å². The number of thiophene rings is 1. The lowest BCUT2D eigenvalue weighted by molar-refractivity contribution is -0.134. The second-order valence-electron chi connectivity index (χ2n) is 2.62. The van der Waals surface area contributed by atoms with Gasteiger partial charge >= 0.3 is 5.97 Å². The number of carbonyl (C=O) groups excluding carboxylic acids is 2. The third-order valence-electron chi connectivity index (χ3n) is 1.60. The first-order valence-electron chi connectivity index (χ1n) is 4.23. The van der Waals surface area contributed by atoms with Crippen molar-refractivity contribution in [3.8, 4) is 0 Å². The van der Waals surface area contributed by atoms with Crippen molar-refractivity contribution >= 4 is 23.1 Å². The molecule has 1 heterocycles. The Balaban J connectivity index is 2.49. The van der Waals surface area contributed by atoms with E-state index in [1.54, 1.807) is 11.4 Å². The fourth-order valence-electron chi connectivity index (χ4n) is 0.846. The van der Waals surface area contributed by atoms with E-state index >= 15 is 0 Å². The Morgan fingerprint density at radius 2 is 2.07 bits per heavy atom. The molecule has 1 aromatic heterocycles. The Hall–Kier alpha value is -1.68. The van der Waals surface area contributed by atoms with Gasteiger partial charge in [0.05, 0.1) is 7.11 Å². The molecule has 1 rings (SSSR count). The molecule has 3 nitrogen and oxygen atoms in total. The topological polar surface area (TPSA) is 43.4 Å². The fraction of sp³-hybridized carbons (Fsp3) is 0.0909. The molecule has 0 aliphatic carbocycles. The summed E-state index contributed by atoms with van der Waals surface area (Å²) in [5, 5.41) is 3.61. The van der Waals surface area contributed by atoms with Crippen LogP contribution in [0, 0.1) is 0 Å². The minimum absolute atomic E-state index is 0.0780. The molecular formula is C11H10O3S. The van der Waals surface area contributed by atoms with Gasteiger partial charge in [-0.25, -0.2) is 4.79 Å². The van der Waals surface area contributed by atoms with Crippen molar-refractivity contribution in [2.75, 3.05) is 7.11 Å². The molecular weight excluding hydrogens is 212 g/mol. The van der Waals surface area contributed by atoms with E-state index in [0.717, 1.165) is 0 Å². The third-order valence-corrected chi connectivity index (χ3v) is 2.28. The molecule has 0 aliphatic rings. The van der Waals surface area contributed by atoms with E-state index in [-0.39, 0.29) is 5.78 Å². The molecule has 4 heteroatoms. The molecule has 0 saturated heterocycles. The van der Waals surface area contributed by atoms with Crippen LogP contribution < -0.4 is 0 Å². The zero-order valence-corrected chi connectivity index (χ0v) is 8.99. The van der Waals surface area contributed by atoms with E-state index in [1.807, 2.05) is 5.38 Å². The van der Waals surface area contributed by atoms with Gasteiger partial charge in [0.25, 0.3) is 0 Å². The lowest BCUT2D eigenvalue weighted by Crippen LogP contribution is -1.93. The van der Waals surface area contributed by atoms with Crippen molar-refractivity contribution in [2.24, 2.45) is 0 Å². The predicted molar refractivity (Wildman–Crippen MR) is 58.9 cm³/mol. The first-order chi connectivity index (χ1) is 7.24. The number of methoxy groups -OCH3 is 1. The summed E-state index contributed by atoms with van der Waals surface area (Å²) < 4.78 is 4.39. The highest BCUT2D eigenvalue weighted by atomic mass is 32.1. The number of hydrogen-bond donors (Lipinski definition) is 0. The van der Waals surface area contributed by atoms with E-state index in [4.69, 9.17) is 0 Å². The van der Waals surface area contributed by atoms with Crippen molar-refractivity contribution in [1.82, 2.24) is 0 Å². The normalized spacial score (nSPS) is 11.0. The Bertz CT molecular complexity index is 388. The molecule has 0 spiro atoms. The summed E-state index contributed by atoms with van der Waals surface area (Å²) in [7, 11) is 1.30. The van der Waals surface area contributed by atoms with Crippen molar-refractivity contribution in [1.29, 1.82) is 0 Å². The summed E-state index contributed by atoms with van der Waals surface area (Å²) in [6.07, 6.45) is 5.63. The van der Waals surface area contributed by atoms with Gasteiger partial charge in [-0.2, -0.15) is 11.3 Å². The van der Waals surface area contributed by atoms with Gasteiger partial charge in [0.1, 0.15) is 0 Å². The summed E-state index contributed by atoms with van der Waals surface area (Å²) in [4.78, 5) is 22.0. The summed E-state index contributed by atoms with van der Waals surface area (Å²) >= 11 is 1.47. The number of hydrogen-bond acceptors (Lipinski definition) is 4. The number of allylic oxidation sites excluding steroid dienone is 3. The van der Waals surface area contributed by atoms with Crippen LogP contribution in [-0.4, -0.2) is 18.9 Å². The van der Waals surface area contributed by atoms with E-state index in [0.29, 0.717) is 5.56 Å². The van der Waals surface area contributed by atoms with E-state index in [2.05, 4.69) is 4.74 Å². The number of rotatable bonds is 4. The second-order valence-corrected chi connectivity index (χ2v) is 3.40. The van der Waals surface area contributed by atoms with Crippen LogP contribution in [0.15, 0.2) is 41.1 Å². The lowest BCUT2D eigenvalue weighted by atomic mass is 10.2. The number of carbonyl (C=O) groups is 2. The Morgan fingerprint density at radius 1 is 1.33 bits per heavy atom. The minimum atomic E-state index is -0.442. The van der Waals surface area contributed by atoms with Crippen molar-refractivity contribution in [2.45, 2.75) is 0 Å². The largest absolute Gasteiger partial charge is 0.466 e. The van der Waals surface area contributed by atoms with Crippen LogP contribution >= 0.6 is 11.3 Å². The van der Waals surface area contributed by atoms with Gasteiger partial charge in [-0.1, -0.05) is 12.2 Å². The molecule has 0 saturated carbocycles. The highest BCUT2D eigenvalue weighted by molar-refractivity contribution is 7.08. The van der Waals surface area contributed by atoms with Crippen LogP contribution in [0.3, 0.4) is 0 Å². The van der Waals surface area contributed by atoms with Crippen molar-refractivity contribution in [3.63, 3.8) is 0 Å². The first-order valence-corrected chi connectivity index (χ1v) is 5.17. The zero-order chi connectivity index (χ0) is 11.1. The van der Waals surface area contributed by atoms with E-state index < -0.39 is 5.97 Å². The minimum Gasteiger partial charge on any atom is -0.466 e. The Labute approximate surface area is 91.7 Å². The number of esters is 1. The fourth-order valence-corrected chi connectivity index (χ4v) is 1.49. The third kappa shape index (κ3) is 3.91. The molecule has 1 aromatic rings. The average molecular weight is 222 g/mol. The highest BCUT2D eigenvalue weighted by Crippen LogP contribution is 2.07. The highest BCUT2D eigenvalue weighted by Gasteiger charge is 1.99. The van der Waals surface area contributed by atoms with Crippen LogP contribution in [0.5, 0.6) is 0 Å². The Morgan fingerprint density at radius 3 is 2.67 bits per heavy atom. The van der Waals surface area contributed by atoms with E-state index in [1.165, 1.54) is 42.8 Å². The first kappa shape index (κ1) is 11.4. The van der Waals surface area contributed by atoms with Crippen molar-refractivity contribution < 1.29 is 14.3 Å². The maximum Gasteiger partial charge on any atom is 0.330 e. The maximum atomic E-state index is 11.4. The maximum absolute atomic E-state index is 11.4. The standard InChI is InChI=1S/C11H10O3S/c1-14-11(13)5-3-2-4-10(12)9-6-7-15-8-9/h2-8H,1H3/b4-2+,5-3+. The summed E-state index contributed by atoms with van der Waals surface area (Å²) in [6, 6.07) is 1.75. The quantitative estimate of drug-likeness (QED) is 0.339. The van der Waals surface area contributed by atoms with Crippen LogP contribution in [0.1, 0.15) is 10.4 Å². The van der Waals surface area contributed by atoms with Gasteiger partial charge < -0.3 is 4.74 Å². The van der Waals surface area contributed by atoms with Gasteiger partial charge in [0, 0.05) is 17.0 Å². The molecule has 15 heavy (non-hydrogen) atoms. The zero-order valence-electron chi connectivity index (χ0n) is 8.17. The Kier molecular flexibility index (Phi) is 4.50. The number of ketones is 1. The molecule has 0 radical (unpaired) electrons. The van der Waals surface area contributed by atoms with Gasteiger partial charge in [-0.15, -0.1) is 0 Å². The van der Waals surface area contributed by atoms with Crippen molar-refractivity contribution in [3.05, 3.63) is 46.7 Å². The molecule has 0 atom stereocenters. The molecule has 0 fully saturated rings. The summed E-state index contributed by atoms with van der Waals surface area (Å²) in [5.74, 6) is -0.520. The van der Waals surface area contributed by atoms with Gasteiger partial charge in [0.2, 0.25) is 0 Å². The molecule has 78 valence electrons. The summed E-state index contributed by atoms with van der Waals surface area (Å²) in [5.41, 5.74) is 0.655. The monoisotopic (exact) mass is 222 g/mol. The van der Waals surface area contributed by atoms with Crippen LogP contribution in [-0.2, 0) is 9.53 Å². The second kappa shape index (κ2) is 5.93. The SMILES string of the molecule is COC(=O)/C=C/C=C/C(=O)c1ccsc1. The molecule has 0 N–H and O–H groups in total. The van der Waals surface area contributed by atoms with Gasteiger partial charge in [-0.05, 0) is 17.5 Å². The van der Waals surface area contributed by atoms with Crippen LogP contribution in [0.25, 0.3) is 0 Å². The molecule has 0 aliphatic heterocycles. The van der Waals surface area contributed by atoms with Crippen LogP contribution in [0.4, 0.5) is 0 Å². The molecule has 0 unspecified atom stereocenters. The van der Waals surface area contributed by atoms with E-state index in [9.17, 15) is 9.59 Å². The van der Waals surface area contributed by atoms with Crippen LogP contribution in [0.2, 0.25) is 0 Å². The predicted octanol–water partition coefficient (Wildman–Crippen LogP) is 2.22. The average Bonchev–Trinajstić information content (AvgIpc) is 2.77. The smallest absolute Gasteiger partial charge is 0.330 e. The number of ether oxygens (including phenoxy) is 1. The lowest BCUT2D eigenvalue weighted by Gasteiger charge is -1.87.